The van der Waals surface area contributed by atoms with Crippen LogP contribution in [0, 0.1) is 23.7 Å². The normalized spacial score (nSPS) is 10.5. The Balaban J connectivity index is -0.000000251. The average Bonchev–Trinajstić information content (AvgIpc) is 2.95. The Bertz CT molecular complexity index is 576. The summed E-state index contributed by atoms with van der Waals surface area (Å²) in [4.78, 5) is 42.1. The molecular formula is C38H76O6. The smallest absolute Gasteiger partial charge is 0.303 e. The number of unbranched alkanes of at least 4 members (excludes halogenated alkanes) is 16. The molecule has 6 heteroatoms. The highest BCUT2D eigenvalue weighted by Gasteiger charge is 2.10. The van der Waals surface area contributed by atoms with Crippen LogP contribution in [0.2, 0.25) is 0 Å². The van der Waals surface area contributed by atoms with Gasteiger partial charge in [-0.3, -0.25) is 19.2 Å². The Morgan fingerprint density at radius 1 is 0.364 bits per heavy atom. The first-order valence-corrected chi connectivity index (χ1v) is 18.2. The van der Waals surface area contributed by atoms with Gasteiger partial charge in [-0.25, -0.2) is 0 Å². The molecule has 0 unspecified atom stereocenters. The summed E-state index contributed by atoms with van der Waals surface area (Å²) in [7, 11) is 0. The second-order valence-electron chi connectivity index (χ2n) is 13.4. The number of hydrogen-bond donors (Lipinski definition) is 2. The van der Waals surface area contributed by atoms with Gasteiger partial charge in [0.1, 0.15) is 11.6 Å². The number of ketones is 2. The fourth-order valence-electron chi connectivity index (χ4n) is 4.51. The molecule has 0 atom stereocenters. The van der Waals surface area contributed by atoms with E-state index in [1.165, 1.54) is 89.9 Å². The van der Waals surface area contributed by atoms with Crippen LogP contribution in [0.1, 0.15) is 198 Å². The van der Waals surface area contributed by atoms with E-state index in [4.69, 9.17) is 10.2 Å². The number of carbonyl (C=O) groups excluding carboxylic acids is 2. The molecule has 0 radical (unpaired) electrons. The lowest BCUT2D eigenvalue weighted by molar-refractivity contribution is -0.138. The van der Waals surface area contributed by atoms with Gasteiger partial charge in [-0.05, 0) is 12.8 Å². The summed E-state index contributed by atoms with van der Waals surface area (Å²) in [6, 6.07) is 0. The van der Waals surface area contributed by atoms with Gasteiger partial charge >= 0.3 is 11.9 Å². The molecule has 0 aliphatic carbocycles. The predicted molar refractivity (Wildman–Crippen MR) is 188 cm³/mol. The Labute approximate surface area is 273 Å². The van der Waals surface area contributed by atoms with E-state index in [1.54, 1.807) is 0 Å². The third-order valence-electron chi connectivity index (χ3n) is 7.26. The zero-order valence-corrected chi connectivity index (χ0v) is 31.0. The van der Waals surface area contributed by atoms with Gasteiger partial charge in [0.25, 0.3) is 0 Å². The van der Waals surface area contributed by atoms with Crippen molar-refractivity contribution in [1.29, 1.82) is 0 Å². The standard InChI is InChI=1S/2C12H24O2.2C7H14O/c2*1-2-3-4-5-6-7-8-9-10-11-12(13)14;2*1-5(2)7(8)6(3)4/h2*2-11H2,1H3,(H,13,14);2*5-6H,1-4H3. The quantitative estimate of drug-likeness (QED) is 0.103. The Hall–Kier alpha value is -1.72. The van der Waals surface area contributed by atoms with Gasteiger partial charge in [-0.1, -0.05) is 172 Å². The fraction of sp³-hybridized carbons (Fsp3) is 0.895. The van der Waals surface area contributed by atoms with Crippen LogP contribution in [0.3, 0.4) is 0 Å². The summed E-state index contributed by atoms with van der Waals surface area (Å²) in [5, 5.41) is 16.8. The predicted octanol–water partition coefficient (Wildman–Crippen LogP) is 11.7. The molecule has 264 valence electrons. The Kier molecular flexibility index (Phi) is 41.9. The van der Waals surface area contributed by atoms with E-state index in [9.17, 15) is 19.2 Å². The van der Waals surface area contributed by atoms with Gasteiger partial charge < -0.3 is 10.2 Å². The monoisotopic (exact) mass is 629 g/mol. The number of Topliss-reactive ketones (excluding diaryl/α,β-unsaturated/α-hetero) is 2. The summed E-state index contributed by atoms with van der Waals surface area (Å²) >= 11 is 0. The van der Waals surface area contributed by atoms with E-state index in [2.05, 4.69) is 13.8 Å². The number of hydrogen-bond acceptors (Lipinski definition) is 4. The highest BCUT2D eigenvalue weighted by molar-refractivity contribution is 5.82. The third-order valence-corrected chi connectivity index (χ3v) is 7.26. The Morgan fingerprint density at radius 2 is 0.545 bits per heavy atom. The van der Waals surface area contributed by atoms with Gasteiger partial charge in [0.2, 0.25) is 0 Å². The number of carbonyl (C=O) groups is 4. The first-order valence-electron chi connectivity index (χ1n) is 18.2. The van der Waals surface area contributed by atoms with Crippen molar-refractivity contribution in [2.75, 3.05) is 0 Å². The van der Waals surface area contributed by atoms with E-state index in [0.29, 0.717) is 24.4 Å². The minimum absolute atomic E-state index is 0.204. The first kappa shape index (κ1) is 49.2. The van der Waals surface area contributed by atoms with Crippen LogP contribution >= 0.6 is 0 Å². The Morgan fingerprint density at radius 3 is 0.682 bits per heavy atom. The molecule has 0 heterocycles. The van der Waals surface area contributed by atoms with Crippen molar-refractivity contribution >= 4 is 23.5 Å². The molecule has 0 saturated heterocycles. The lowest BCUT2D eigenvalue weighted by atomic mass is 9.99. The topological polar surface area (TPSA) is 109 Å². The molecule has 0 aliphatic rings. The van der Waals surface area contributed by atoms with E-state index in [-0.39, 0.29) is 23.7 Å². The highest BCUT2D eigenvalue weighted by atomic mass is 16.4. The number of aliphatic carboxylic acids is 2. The summed E-state index contributed by atoms with van der Waals surface area (Å²) in [6.45, 7) is 19.9. The van der Waals surface area contributed by atoms with Crippen molar-refractivity contribution < 1.29 is 29.4 Å². The molecule has 6 nitrogen and oxygen atoms in total. The number of rotatable bonds is 24. The number of carboxylic acid groups (broad SMARTS) is 2. The lowest BCUT2D eigenvalue weighted by Gasteiger charge is -2.05. The van der Waals surface area contributed by atoms with Gasteiger partial charge in [-0.15, -0.1) is 0 Å². The molecule has 0 saturated carbocycles. The van der Waals surface area contributed by atoms with E-state index >= 15 is 0 Å². The molecule has 0 bridgehead atoms. The van der Waals surface area contributed by atoms with Crippen molar-refractivity contribution in [3.8, 4) is 0 Å². The molecule has 0 aromatic carbocycles. The minimum atomic E-state index is -0.659. The maximum Gasteiger partial charge on any atom is 0.303 e. The molecule has 0 amide bonds. The van der Waals surface area contributed by atoms with Crippen molar-refractivity contribution in [3.05, 3.63) is 0 Å². The van der Waals surface area contributed by atoms with Crippen LogP contribution in [-0.4, -0.2) is 33.7 Å². The highest BCUT2D eigenvalue weighted by Crippen LogP contribution is 2.11. The molecule has 0 aliphatic heterocycles. The third kappa shape index (κ3) is 47.2. The van der Waals surface area contributed by atoms with Crippen molar-refractivity contribution in [2.45, 2.75) is 198 Å². The molecule has 0 fully saturated rings. The summed E-state index contributed by atoms with van der Waals surface area (Å²) in [6.07, 6.45) is 23.0. The first-order chi connectivity index (χ1) is 20.6. The van der Waals surface area contributed by atoms with Crippen molar-refractivity contribution in [3.63, 3.8) is 0 Å². The maximum absolute atomic E-state index is 10.8. The zero-order valence-electron chi connectivity index (χ0n) is 31.0. The van der Waals surface area contributed by atoms with Gasteiger partial charge in [0.15, 0.2) is 0 Å². The SMILES string of the molecule is CC(C)C(=O)C(C)C.CC(C)C(=O)C(C)C.CCCCCCCCCCCC(=O)O.CCCCCCCCCCCC(=O)O. The van der Waals surface area contributed by atoms with Crippen LogP contribution in [0.15, 0.2) is 0 Å². The van der Waals surface area contributed by atoms with Crippen LogP contribution in [-0.2, 0) is 19.2 Å². The number of carboxylic acids is 2. The van der Waals surface area contributed by atoms with E-state index in [1.807, 2.05) is 55.4 Å². The minimum Gasteiger partial charge on any atom is -0.481 e. The molecule has 0 aromatic heterocycles. The molecule has 0 spiro atoms. The van der Waals surface area contributed by atoms with Gasteiger partial charge in [0, 0.05) is 36.5 Å². The van der Waals surface area contributed by atoms with Crippen LogP contribution in [0.25, 0.3) is 0 Å². The van der Waals surface area contributed by atoms with Gasteiger partial charge in [-0.2, -0.15) is 0 Å². The maximum atomic E-state index is 10.8. The largest absolute Gasteiger partial charge is 0.481 e. The second kappa shape index (κ2) is 37.5. The van der Waals surface area contributed by atoms with E-state index in [0.717, 1.165) is 25.7 Å². The summed E-state index contributed by atoms with van der Waals surface area (Å²) in [5.74, 6) is 0.200. The van der Waals surface area contributed by atoms with E-state index < -0.39 is 11.9 Å². The average molecular weight is 629 g/mol. The van der Waals surface area contributed by atoms with Crippen LogP contribution in [0.5, 0.6) is 0 Å². The van der Waals surface area contributed by atoms with Crippen molar-refractivity contribution in [2.24, 2.45) is 23.7 Å². The molecule has 44 heavy (non-hydrogen) atoms. The summed E-state index contributed by atoms with van der Waals surface area (Å²) in [5.41, 5.74) is 0. The molecule has 0 aromatic rings. The van der Waals surface area contributed by atoms with Crippen LogP contribution in [0.4, 0.5) is 0 Å². The summed E-state index contributed by atoms with van der Waals surface area (Å²) < 4.78 is 0. The van der Waals surface area contributed by atoms with Crippen molar-refractivity contribution in [1.82, 2.24) is 0 Å². The van der Waals surface area contributed by atoms with Crippen LogP contribution < -0.4 is 0 Å². The molecular weight excluding hydrogens is 552 g/mol. The second-order valence-corrected chi connectivity index (χ2v) is 13.4. The zero-order chi connectivity index (χ0) is 34.8. The molecule has 2 N–H and O–H groups in total. The lowest BCUT2D eigenvalue weighted by Crippen LogP contribution is -2.13. The molecule has 0 rings (SSSR count). The fourth-order valence-corrected chi connectivity index (χ4v) is 4.51. The van der Waals surface area contributed by atoms with Gasteiger partial charge in [0.05, 0.1) is 0 Å².